The van der Waals surface area contributed by atoms with E-state index in [0.717, 1.165) is 0 Å². The van der Waals surface area contributed by atoms with Crippen LogP contribution >= 0.6 is 0 Å². The van der Waals surface area contributed by atoms with Gasteiger partial charge in [0.1, 0.15) is 0 Å². The first-order chi connectivity index (χ1) is 5.59. The molecule has 12 heavy (non-hydrogen) atoms. The summed E-state index contributed by atoms with van der Waals surface area (Å²) in [6.45, 7) is 12.7. The second kappa shape index (κ2) is 6.05. The molecule has 0 aromatic heterocycles. The molecular formula is C12H22. The second-order valence-corrected chi connectivity index (χ2v) is 3.72. The van der Waals surface area contributed by atoms with Crippen molar-refractivity contribution in [2.24, 2.45) is 0 Å². The molecule has 0 heteroatoms. The van der Waals surface area contributed by atoms with Crippen LogP contribution in [0.5, 0.6) is 0 Å². The highest BCUT2D eigenvalue weighted by atomic mass is 14.1. The van der Waals surface area contributed by atoms with E-state index in [9.17, 15) is 0 Å². The van der Waals surface area contributed by atoms with Crippen LogP contribution in [0.3, 0.4) is 0 Å². The Morgan fingerprint density at radius 1 is 1.08 bits per heavy atom. The van der Waals surface area contributed by atoms with Crippen LogP contribution in [0, 0.1) is 0 Å². The third-order valence-corrected chi connectivity index (χ3v) is 2.15. The highest BCUT2D eigenvalue weighted by Gasteiger charge is 1.99. The fourth-order valence-electron chi connectivity index (χ4n) is 1.44. The van der Waals surface area contributed by atoms with Crippen LogP contribution < -0.4 is 0 Å². The topological polar surface area (TPSA) is 0 Å². The molecule has 70 valence electrons. The maximum absolute atomic E-state index is 4.00. The Labute approximate surface area is 77.4 Å². The molecule has 0 aliphatic heterocycles. The molecule has 0 saturated carbocycles. The molecule has 0 atom stereocenters. The predicted molar refractivity (Wildman–Crippen MR) is 57.3 cm³/mol. The van der Waals surface area contributed by atoms with Crippen molar-refractivity contribution in [2.45, 2.75) is 53.4 Å². The summed E-state index contributed by atoms with van der Waals surface area (Å²) < 4.78 is 0. The molecule has 0 radical (unpaired) electrons. The molecule has 0 N–H and O–H groups in total. The van der Waals surface area contributed by atoms with E-state index in [0.29, 0.717) is 0 Å². The number of unbranched alkanes of at least 4 members (excludes halogenated alkanes) is 2. The zero-order chi connectivity index (χ0) is 9.56. The van der Waals surface area contributed by atoms with Gasteiger partial charge in [0.05, 0.1) is 0 Å². The average Bonchev–Trinajstić information content (AvgIpc) is 1.96. The van der Waals surface area contributed by atoms with Crippen LogP contribution in [-0.4, -0.2) is 0 Å². The van der Waals surface area contributed by atoms with E-state index in [1.807, 2.05) is 0 Å². The maximum Gasteiger partial charge on any atom is -0.0277 e. The molecule has 0 fully saturated rings. The van der Waals surface area contributed by atoms with Crippen LogP contribution in [0.15, 0.2) is 23.3 Å². The lowest BCUT2D eigenvalue weighted by atomic mass is 9.98. The quantitative estimate of drug-likeness (QED) is 0.417. The average molecular weight is 166 g/mol. The summed E-state index contributed by atoms with van der Waals surface area (Å²) in [5.74, 6) is 0. The standard InChI is InChI=1S/C12H22/c1-6-7-8-9-12(10(2)3)11(4)5/h2,6-9H2,1,3-5H3. The molecule has 0 aromatic carbocycles. The predicted octanol–water partition coefficient (Wildman–Crippen LogP) is 4.48. The smallest absolute Gasteiger partial charge is 0.0277 e. The van der Waals surface area contributed by atoms with Crippen LogP contribution in [0.1, 0.15) is 53.4 Å². The lowest BCUT2D eigenvalue weighted by molar-refractivity contribution is 0.712. The first-order valence-corrected chi connectivity index (χ1v) is 4.91. The Kier molecular flexibility index (Phi) is 5.79. The fourth-order valence-corrected chi connectivity index (χ4v) is 1.44. The van der Waals surface area contributed by atoms with Gasteiger partial charge in [-0.15, -0.1) is 0 Å². The minimum absolute atomic E-state index is 1.21. The van der Waals surface area contributed by atoms with Crippen molar-refractivity contribution in [3.8, 4) is 0 Å². The molecule has 0 aliphatic carbocycles. The normalized spacial score (nSPS) is 9.67. The van der Waals surface area contributed by atoms with Crippen molar-refractivity contribution in [1.29, 1.82) is 0 Å². The molecule has 0 rings (SSSR count). The molecule has 0 aromatic rings. The Hall–Kier alpha value is -0.520. The van der Waals surface area contributed by atoms with Gasteiger partial charge in [-0.05, 0) is 39.2 Å². The minimum atomic E-state index is 1.21. The molecule has 0 aliphatic rings. The van der Waals surface area contributed by atoms with Gasteiger partial charge in [0.2, 0.25) is 0 Å². The van der Waals surface area contributed by atoms with Gasteiger partial charge in [-0.25, -0.2) is 0 Å². The number of hydrogen-bond donors (Lipinski definition) is 0. The van der Waals surface area contributed by atoms with Crippen LogP contribution in [-0.2, 0) is 0 Å². The Balaban J connectivity index is 4.00. The van der Waals surface area contributed by atoms with Crippen molar-refractivity contribution < 1.29 is 0 Å². The Morgan fingerprint density at radius 2 is 1.67 bits per heavy atom. The van der Waals surface area contributed by atoms with E-state index < -0.39 is 0 Å². The molecule has 0 amide bonds. The fraction of sp³-hybridized carbons (Fsp3) is 0.667. The van der Waals surface area contributed by atoms with Crippen molar-refractivity contribution in [3.63, 3.8) is 0 Å². The van der Waals surface area contributed by atoms with Crippen LogP contribution in [0.2, 0.25) is 0 Å². The Bertz CT molecular complexity index is 168. The molecule has 0 unspecified atom stereocenters. The lowest BCUT2D eigenvalue weighted by Gasteiger charge is -2.08. The van der Waals surface area contributed by atoms with Crippen molar-refractivity contribution in [2.75, 3.05) is 0 Å². The minimum Gasteiger partial charge on any atom is -0.0958 e. The van der Waals surface area contributed by atoms with Gasteiger partial charge in [0.25, 0.3) is 0 Å². The van der Waals surface area contributed by atoms with Crippen LogP contribution in [0.25, 0.3) is 0 Å². The van der Waals surface area contributed by atoms with Crippen molar-refractivity contribution in [1.82, 2.24) is 0 Å². The summed E-state index contributed by atoms with van der Waals surface area (Å²) in [4.78, 5) is 0. The third-order valence-electron chi connectivity index (χ3n) is 2.15. The van der Waals surface area contributed by atoms with E-state index in [1.165, 1.54) is 42.4 Å². The zero-order valence-electron chi connectivity index (χ0n) is 9.04. The molecule has 0 saturated heterocycles. The van der Waals surface area contributed by atoms with E-state index >= 15 is 0 Å². The van der Waals surface area contributed by atoms with E-state index in [-0.39, 0.29) is 0 Å². The Morgan fingerprint density at radius 3 is 2.00 bits per heavy atom. The van der Waals surface area contributed by atoms with E-state index in [1.54, 1.807) is 0 Å². The van der Waals surface area contributed by atoms with Gasteiger partial charge >= 0.3 is 0 Å². The third kappa shape index (κ3) is 4.38. The monoisotopic (exact) mass is 166 g/mol. The van der Waals surface area contributed by atoms with Crippen molar-refractivity contribution >= 4 is 0 Å². The summed E-state index contributed by atoms with van der Waals surface area (Å²) in [7, 11) is 0. The van der Waals surface area contributed by atoms with Gasteiger partial charge in [0, 0.05) is 0 Å². The van der Waals surface area contributed by atoms with Crippen LogP contribution in [0.4, 0.5) is 0 Å². The largest absolute Gasteiger partial charge is 0.0958 e. The summed E-state index contributed by atoms with van der Waals surface area (Å²) in [5, 5.41) is 0. The SMILES string of the molecule is C=C(C)C(CCCCC)=C(C)C. The maximum atomic E-state index is 4.00. The molecular weight excluding hydrogens is 144 g/mol. The van der Waals surface area contributed by atoms with E-state index in [4.69, 9.17) is 0 Å². The lowest BCUT2D eigenvalue weighted by Crippen LogP contribution is -1.88. The molecule has 0 nitrogen and oxygen atoms in total. The summed E-state index contributed by atoms with van der Waals surface area (Å²) in [6, 6.07) is 0. The summed E-state index contributed by atoms with van der Waals surface area (Å²) in [5.41, 5.74) is 4.15. The van der Waals surface area contributed by atoms with E-state index in [2.05, 4.69) is 34.3 Å². The molecule has 0 spiro atoms. The van der Waals surface area contributed by atoms with Gasteiger partial charge in [-0.3, -0.25) is 0 Å². The van der Waals surface area contributed by atoms with Gasteiger partial charge in [-0.2, -0.15) is 0 Å². The first kappa shape index (κ1) is 11.5. The van der Waals surface area contributed by atoms with Crippen molar-refractivity contribution in [3.05, 3.63) is 23.3 Å². The van der Waals surface area contributed by atoms with Gasteiger partial charge in [-0.1, -0.05) is 37.5 Å². The second-order valence-electron chi connectivity index (χ2n) is 3.72. The van der Waals surface area contributed by atoms with Gasteiger partial charge in [0.15, 0.2) is 0 Å². The highest BCUT2D eigenvalue weighted by Crippen LogP contribution is 2.19. The molecule has 0 bridgehead atoms. The number of rotatable bonds is 5. The van der Waals surface area contributed by atoms with Gasteiger partial charge < -0.3 is 0 Å². The number of allylic oxidation sites excluding steroid dienone is 3. The number of hydrogen-bond acceptors (Lipinski definition) is 0. The summed E-state index contributed by atoms with van der Waals surface area (Å²) in [6.07, 6.45) is 5.16. The summed E-state index contributed by atoms with van der Waals surface area (Å²) >= 11 is 0. The first-order valence-electron chi connectivity index (χ1n) is 4.91. The molecule has 0 heterocycles. The highest BCUT2D eigenvalue weighted by molar-refractivity contribution is 5.29. The zero-order valence-corrected chi connectivity index (χ0v) is 9.04.